The van der Waals surface area contributed by atoms with E-state index in [1.165, 1.54) is 0 Å². The fraction of sp³-hybridized carbons (Fsp3) is 0.300. The minimum atomic E-state index is 0.732. The van der Waals surface area contributed by atoms with Gasteiger partial charge in [0.25, 0.3) is 0 Å². The van der Waals surface area contributed by atoms with Gasteiger partial charge in [0.15, 0.2) is 0 Å². The number of halogens is 1. The van der Waals surface area contributed by atoms with Crippen LogP contribution in [0.5, 0.6) is 0 Å². The predicted octanol–water partition coefficient (Wildman–Crippen LogP) is 3.61. The summed E-state index contributed by atoms with van der Waals surface area (Å²) in [6, 6.07) is 9.58. The van der Waals surface area contributed by atoms with E-state index in [2.05, 4.69) is 30.1 Å². The molecule has 28 heavy (non-hydrogen) atoms. The normalized spacial score (nSPS) is 14.2. The Morgan fingerprint density at radius 1 is 0.893 bits per heavy atom. The molecule has 0 bridgehead atoms. The van der Waals surface area contributed by atoms with Crippen LogP contribution in [0.25, 0.3) is 0 Å². The van der Waals surface area contributed by atoms with Gasteiger partial charge in [-0.3, -0.25) is 0 Å². The Labute approximate surface area is 169 Å². The smallest absolute Gasteiger partial charge is 0.227 e. The zero-order valence-electron chi connectivity index (χ0n) is 15.9. The zero-order valence-corrected chi connectivity index (χ0v) is 16.7. The van der Waals surface area contributed by atoms with E-state index in [0.29, 0.717) is 0 Å². The summed E-state index contributed by atoms with van der Waals surface area (Å²) in [4.78, 5) is 22.4. The molecule has 1 fully saturated rings. The van der Waals surface area contributed by atoms with Crippen molar-refractivity contribution in [3.63, 3.8) is 0 Å². The minimum absolute atomic E-state index is 0.732. The van der Waals surface area contributed by atoms with Gasteiger partial charge in [0.1, 0.15) is 5.82 Å². The van der Waals surface area contributed by atoms with Gasteiger partial charge in [0.2, 0.25) is 11.9 Å². The summed E-state index contributed by atoms with van der Waals surface area (Å²) in [5.41, 5.74) is 2.86. The van der Waals surface area contributed by atoms with Crippen molar-refractivity contribution in [3.05, 3.63) is 59.0 Å². The number of hydrogen-bond donors (Lipinski definition) is 1. The number of rotatable bonds is 4. The van der Waals surface area contributed by atoms with Gasteiger partial charge >= 0.3 is 0 Å². The first kappa shape index (κ1) is 18.4. The topological polar surface area (TPSA) is 70.1 Å². The third-order valence-electron chi connectivity index (χ3n) is 4.77. The average Bonchev–Trinajstić information content (AvgIpc) is 2.72. The van der Waals surface area contributed by atoms with Crippen molar-refractivity contribution >= 4 is 35.0 Å². The Hall–Kier alpha value is -2.93. The molecule has 1 aliphatic heterocycles. The fourth-order valence-electron chi connectivity index (χ4n) is 3.20. The highest BCUT2D eigenvalue weighted by Crippen LogP contribution is 2.26. The summed E-state index contributed by atoms with van der Waals surface area (Å²) >= 11 is 6.23. The van der Waals surface area contributed by atoms with E-state index in [4.69, 9.17) is 16.6 Å². The van der Waals surface area contributed by atoms with Crippen molar-refractivity contribution in [3.8, 4) is 0 Å². The number of nitrogens with zero attached hydrogens (tertiary/aromatic N) is 6. The average molecular weight is 396 g/mol. The van der Waals surface area contributed by atoms with Gasteiger partial charge in [-0.05, 0) is 37.6 Å². The van der Waals surface area contributed by atoms with Crippen molar-refractivity contribution in [2.75, 3.05) is 41.3 Å². The Kier molecular flexibility index (Phi) is 5.25. The number of aromatic nitrogens is 4. The maximum absolute atomic E-state index is 6.23. The van der Waals surface area contributed by atoms with Crippen molar-refractivity contribution in [2.24, 2.45) is 0 Å². The number of nitrogens with one attached hydrogen (secondary N) is 1. The van der Waals surface area contributed by atoms with E-state index < -0.39 is 0 Å². The highest BCUT2D eigenvalue weighted by molar-refractivity contribution is 6.31. The van der Waals surface area contributed by atoms with Crippen LogP contribution in [0, 0.1) is 13.8 Å². The summed E-state index contributed by atoms with van der Waals surface area (Å²) in [5, 5.41) is 4.11. The van der Waals surface area contributed by atoms with E-state index >= 15 is 0 Å². The van der Waals surface area contributed by atoms with Gasteiger partial charge in [-0.2, -0.15) is 4.98 Å². The molecule has 0 amide bonds. The summed E-state index contributed by atoms with van der Waals surface area (Å²) in [6.07, 6.45) is 3.54. The van der Waals surface area contributed by atoms with Crippen molar-refractivity contribution < 1.29 is 0 Å². The Bertz CT molecular complexity index is 956. The van der Waals surface area contributed by atoms with Gasteiger partial charge in [-0.25, -0.2) is 15.0 Å². The summed E-state index contributed by atoms with van der Waals surface area (Å²) in [5.74, 6) is 2.27. The molecule has 3 heterocycles. The van der Waals surface area contributed by atoms with Crippen molar-refractivity contribution in [1.82, 2.24) is 19.9 Å². The number of aryl methyl sites for hydroxylation is 1. The summed E-state index contributed by atoms with van der Waals surface area (Å²) < 4.78 is 0. The number of piperazine rings is 1. The van der Waals surface area contributed by atoms with Gasteiger partial charge in [0, 0.05) is 61.0 Å². The monoisotopic (exact) mass is 395 g/mol. The largest absolute Gasteiger partial charge is 0.340 e. The van der Waals surface area contributed by atoms with Crippen LogP contribution in [0.4, 0.5) is 23.4 Å². The molecule has 2 aromatic heterocycles. The molecule has 144 valence electrons. The first-order chi connectivity index (χ1) is 13.6. The molecule has 1 N–H and O–H groups in total. The Balaban J connectivity index is 1.49. The van der Waals surface area contributed by atoms with Gasteiger partial charge < -0.3 is 15.1 Å². The molecule has 3 aromatic rings. The Morgan fingerprint density at radius 2 is 1.57 bits per heavy atom. The molecule has 7 nitrogen and oxygen atoms in total. The van der Waals surface area contributed by atoms with Crippen LogP contribution in [0.15, 0.2) is 42.7 Å². The number of hydrogen-bond acceptors (Lipinski definition) is 7. The van der Waals surface area contributed by atoms with E-state index in [1.54, 1.807) is 12.4 Å². The van der Waals surface area contributed by atoms with Gasteiger partial charge in [-0.1, -0.05) is 17.7 Å². The van der Waals surface area contributed by atoms with Crippen LogP contribution in [0.2, 0.25) is 5.02 Å². The molecule has 1 aliphatic rings. The number of benzene rings is 1. The molecule has 4 rings (SSSR count). The third-order valence-corrected chi connectivity index (χ3v) is 5.18. The van der Waals surface area contributed by atoms with E-state index in [9.17, 15) is 0 Å². The highest BCUT2D eigenvalue weighted by Gasteiger charge is 2.21. The van der Waals surface area contributed by atoms with Crippen LogP contribution in [-0.4, -0.2) is 46.1 Å². The minimum Gasteiger partial charge on any atom is -0.340 e. The first-order valence-electron chi connectivity index (χ1n) is 9.25. The van der Waals surface area contributed by atoms with E-state index in [0.717, 1.165) is 65.9 Å². The lowest BCUT2D eigenvalue weighted by Gasteiger charge is -2.34. The zero-order chi connectivity index (χ0) is 19.5. The summed E-state index contributed by atoms with van der Waals surface area (Å²) in [7, 11) is 0. The molecule has 1 saturated heterocycles. The molecule has 8 heteroatoms. The standard InChI is InChI=1S/C20H22ClN7/c1-14-13-18(25-17-6-3-5-16(21)15(17)2)26-20(24-14)28-11-9-27(10-12-28)19-22-7-4-8-23-19/h3-8,13H,9-12H2,1-2H3,(H,24,25,26). The highest BCUT2D eigenvalue weighted by atomic mass is 35.5. The lowest BCUT2D eigenvalue weighted by Crippen LogP contribution is -2.47. The lowest BCUT2D eigenvalue weighted by molar-refractivity contribution is 0.627. The van der Waals surface area contributed by atoms with E-state index in [1.807, 2.05) is 44.2 Å². The van der Waals surface area contributed by atoms with Gasteiger partial charge in [0.05, 0.1) is 0 Å². The maximum Gasteiger partial charge on any atom is 0.227 e. The fourth-order valence-corrected chi connectivity index (χ4v) is 3.37. The second kappa shape index (κ2) is 7.98. The van der Waals surface area contributed by atoms with Crippen LogP contribution in [-0.2, 0) is 0 Å². The SMILES string of the molecule is Cc1cc(Nc2cccc(Cl)c2C)nc(N2CCN(c3ncccn3)CC2)n1. The predicted molar refractivity (Wildman–Crippen MR) is 113 cm³/mol. The van der Waals surface area contributed by atoms with Crippen molar-refractivity contribution in [1.29, 1.82) is 0 Å². The molecule has 1 aromatic carbocycles. The molecule has 0 unspecified atom stereocenters. The first-order valence-corrected chi connectivity index (χ1v) is 9.63. The molecule has 0 spiro atoms. The van der Waals surface area contributed by atoms with Crippen LogP contribution in [0.1, 0.15) is 11.3 Å². The van der Waals surface area contributed by atoms with Crippen LogP contribution < -0.4 is 15.1 Å². The molecule has 0 atom stereocenters. The lowest BCUT2D eigenvalue weighted by atomic mass is 10.2. The second-order valence-electron chi connectivity index (χ2n) is 6.75. The molecular weight excluding hydrogens is 374 g/mol. The molecule has 0 aliphatic carbocycles. The summed E-state index contributed by atoms with van der Waals surface area (Å²) in [6.45, 7) is 7.27. The van der Waals surface area contributed by atoms with Crippen LogP contribution >= 0.6 is 11.6 Å². The molecular formula is C20H22ClN7. The maximum atomic E-state index is 6.23. The molecule has 0 radical (unpaired) electrons. The Morgan fingerprint density at radius 3 is 2.29 bits per heavy atom. The second-order valence-corrected chi connectivity index (χ2v) is 7.16. The van der Waals surface area contributed by atoms with Gasteiger partial charge in [-0.15, -0.1) is 0 Å². The van der Waals surface area contributed by atoms with Crippen molar-refractivity contribution in [2.45, 2.75) is 13.8 Å². The third kappa shape index (κ3) is 3.99. The van der Waals surface area contributed by atoms with E-state index in [-0.39, 0.29) is 0 Å². The number of anilines is 4. The molecule has 0 saturated carbocycles. The van der Waals surface area contributed by atoms with Crippen LogP contribution in [0.3, 0.4) is 0 Å². The quantitative estimate of drug-likeness (QED) is 0.723.